The predicted octanol–water partition coefficient (Wildman–Crippen LogP) is 0.941. The summed E-state index contributed by atoms with van der Waals surface area (Å²) in [4.78, 5) is 5.34. The first kappa shape index (κ1) is 8.37. The van der Waals surface area contributed by atoms with Crippen molar-refractivity contribution in [2.75, 3.05) is 6.61 Å². The molecule has 0 amide bonds. The molecule has 2 rings (SSSR count). The third-order valence-corrected chi connectivity index (χ3v) is 1.93. The molecular formula is C7H9ClN4O. The average molecular weight is 201 g/mol. The molecule has 0 unspecified atom stereocenters. The molecule has 0 spiro atoms. The Morgan fingerprint density at radius 2 is 2.38 bits per heavy atom. The molecule has 0 saturated carbocycles. The first-order valence-corrected chi connectivity index (χ1v) is 4.34. The lowest BCUT2D eigenvalue weighted by Gasteiger charge is -2.03. The summed E-state index contributed by atoms with van der Waals surface area (Å²) < 4.78 is 3.03. The Kier molecular flexibility index (Phi) is 1.88. The predicted molar refractivity (Wildman–Crippen MR) is 47.8 cm³/mol. The lowest BCUT2D eigenvalue weighted by Crippen LogP contribution is -2.12. The summed E-state index contributed by atoms with van der Waals surface area (Å²) in [5, 5.41) is 8.60. The SMILES string of the molecule is CCOn1c(C)nn2ncc(Cl)c12. The Balaban J connectivity index is 2.67. The molecule has 0 radical (unpaired) electrons. The van der Waals surface area contributed by atoms with Crippen molar-refractivity contribution in [2.45, 2.75) is 13.8 Å². The fourth-order valence-electron chi connectivity index (χ4n) is 1.18. The minimum absolute atomic E-state index is 0.536. The topological polar surface area (TPSA) is 44.4 Å². The highest BCUT2D eigenvalue weighted by Gasteiger charge is 2.12. The van der Waals surface area contributed by atoms with Crippen LogP contribution in [0.15, 0.2) is 6.20 Å². The summed E-state index contributed by atoms with van der Waals surface area (Å²) in [5.41, 5.74) is 0.668. The van der Waals surface area contributed by atoms with Crippen LogP contribution in [0.1, 0.15) is 12.7 Å². The Bertz CT molecular complexity index is 433. The first-order valence-electron chi connectivity index (χ1n) is 3.96. The van der Waals surface area contributed by atoms with Gasteiger partial charge in [0.2, 0.25) is 5.65 Å². The van der Waals surface area contributed by atoms with Gasteiger partial charge in [-0.15, -0.1) is 14.5 Å². The molecule has 0 aliphatic carbocycles. The average Bonchev–Trinajstić information content (AvgIpc) is 2.57. The number of nitrogens with zero attached hydrogens (tertiary/aromatic N) is 4. The fourth-order valence-corrected chi connectivity index (χ4v) is 1.38. The Labute approximate surface area is 79.8 Å². The molecule has 0 aliphatic rings. The van der Waals surface area contributed by atoms with Gasteiger partial charge in [-0.3, -0.25) is 0 Å². The van der Waals surface area contributed by atoms with Gasteiger partial charge >= 0.3 is 0 Å². The molecule has 0 saturated heterocycles. The Morgan fingerprint density at radius 3 is 3.08 bits per heavy atom. The maximum atomic E-state index is 5.90. The lowest BCUT2D eigenvalue weighted by atomic mass is 10.6. The third kappa shape index (κ3) is 1.16. The van der Waals surface area contributed by atoms with Crippen LogP contribution in [0.3, 0.4) is 0 Å². The standard InChI is InChI=1S/C7H9ClN4O/c1-3-13-11-5(2)10-12-7(11)6(8)4-9-12/h4H,3H2,1-2H3. The van der Waals surface area contributed by atoms with Gasteiger partial charge in [-0.25, -0.2) is 0 Å². The van der Waals surface area contributed by atoms with E-state index in [1.807, 2.05) is 13.8 Å². The number of hydrogen-bond donors (Lipinski definition) is 0. The highest BCUT2D eigenvalue weighted by atomic mass is 35.5. The molecule has 0 atom stereocenters. The van der Waals surface area contributed by atoms with Crippen molar-refractivity contribution >= 4 is 17.2 Å². The van der Waals surface area contributed by atoms with Crippen LogP contribution in [0.2, 0.25) is 5.02 Å². The summed E-state index contributed by atoms with van der Waals surface area (Å²) >= 11 is 5.90. The molecule has 5 nitrogen and oxygen atoms in total. The highest BCUT2D eigenvalue weighted by Crippen LogP contribution is 2.16. The Morgan fingerprint density at radius 1 is 1.62 bits per heavy atom. The maximum Gasteiger partial charge on any atom is 0.212 e. The summed E-state index contributed by atoms with van der Waals surface area (Å²) in [6.07, 6.45) is 1.54. The number of halogens is 1. The van der Waals surface area contributed by atoms with E-state index in [4.69, 9.17) is 16.4 Å². The Hall–Kier alpha value is -1.23. The number of hydrogen-bond acceptors (Lipinski definition) is 3. The summed E-state index contributed by atoms with van der Waals surface area (Å²) in [6, 6.07) is 0. The molecule has 0 aromatic carbocycles. The van der Waals surface area contributed by atoms with E-state index in [2.05, 4.69) is 10.2 Å². The molecule has 70 valence electrons. The zero-order valence-corrected chi connectivity index (χ0v) is 8.12. The second kappa shape index (κ2) is 2.92. The van der Waals surface area contributed by atoms with Gasteiger partial charge < -0.3 is 4.84 Å². The molecule has 0 N–H and O–H groups in total. The zero-order valence-electron chi connectivity index (χ0n) is 7.36. The van der Waals surface area contributed by atoms with Crippen LogP contribution >= 0.6 is 11.6 Å². The van der Waals surface area contributed by atoms with E-state index in [-0.39, 0.29) is 0 Å². The van der Waals surface area contributed by atoms with Crippen LogP contribution in [-0.2, 0) is 0 Å². The second-order valence-corrected chi connectivity index (χ2v) is 2.97. The van der Waals surface area contributed by atoms with Crippen LogP contribution in [0.4, 0.5) is 0 Å². The van der Waals surface area contributed by atoms with Gasteiger partial charge in [0.15, 0.2) is 5.82 Å². The summed E-state index contributed by atoms with van der Waals surface area (Å²) in [6.45, 7) is 4.30. The molecule has 6 heteroatoms. The van der Waals surface area contributed by atoms with Crippen molar-refractivity contribution in [3.05, 3.63) is 17.0 Å². The van der Waals surface area contributed by atoms with Crippen LogP contribution in [0.5, 0.6) is 0 Å². The van der Waals surface area contributed by atoms with Gasteiger partial charge in [0, 0.05) is 0 Å². The molecule has 2 heterocycles. The van der Waals surface area contributed by atoms with Crippen molar-refractivity contribution < 1.29 is 4.84 Å². The van der Waals surface area contributed by atoms with E-state index in [1.54, 1.807) is 10.9 Å². The maximum absolute atomic E-state index is 5.90. The zero-order chi connectivity index (χ0) is 9.42. The number of fused-ring (bicyclic) bond motifs is 1. The quantitative estimate of drug-likeness (QED) is 0.725. The number of rotatable bonds is 2. The van der Waals surface area contributed by atoms with Gasteiger partial charge in [0.1, 0.15) is 11.6 Å². The number of aryl methyl sites for hydroxylation is 1. The van der Waals surface area contributed by atoms with E-state index in [0.717, 1.165) is 5.82 Å². The van der Waals surface area contributed by atoms with Gasteiger partial charge in [0.25, 0.3) is 0 Å². The molecule has 0 bridgehead atoms. The van der Waals surface area contributed by atoms with Gasteiger partial charge in [-0.05, 0) is 13.8 Å². The van der Waals surface area contributed by atoms with Crippen LogP contribution in [-0.4, -0.2) is 26.2 Å². The van der Waals surface area contributed by atoms with Crippen molar-refractivity contribution in [3.8, 4) is 0 Å². The third-order valence-electron chi connectivity index (χ3n) is 1.67. The minimum atomic E-state index is 0.536. The highest BCUT2D eigenvalue weighted by molar-refractivity contribution is 6.33. The van der Waals surface area contributed by atoms with Gasteiger partial charge in [0.05, 0.1) is 6.20 Å². The second-order valence-electron chi connectivity index (χ2n) is 2.56. The molecule has 2 aromatic rings. The largest absolute Gasteiger partial charge is 0.411 e. The van der Waals surface area contributed by atoms with Crippen molar-refractivity contribution in [3.63, 3.8) is 0 Å². The van der Waals surface area contributed by atoms with Crippen LogP contribution in [0.25, 0.3) is 5.65 Å². The smallest absolute Gasteiger partial charge is 0.212 e. The monoisotopic (exact) mass is 200 g/mol. The van der Waals surface area contributed by atoms with E-state index >= 15 is 0 Å². The fraction of sp³-hybridized carbons (Fsp3) is 0.429. The lowest BCUT2D eigenvalue weighted by molar-refractivity contribution is 0.125. The van der Waals surface area contributed by atoms with Crippen LogP contribution in [0, 0.1) is 6.92 Å². The van der Waals surface area contributed by atoms with E-state index in [1.165, 1.54) is 4.63 Å². The minimum Gasteiger partial charge on any atom is -0.411 e. The normalized spacial score (nSPS) is 11.0. The summed E-state index contributed by atoms with van der Waals surface area (Å²) in [5.74, 6) is 0.729. The van der Waals surface area contributed by atoms with Crippen molar-refractivity contribution in [2.24, 2.45) is 0 Å². The van der Waals surface area contributed by atoms with E-state index in [9.17, 15) is 0 Å². The molecule has 2 aromatic heterocycles. The van der Waals surface area contributed by atoms with Crippen LogP contribution < -0.4 is 4.84 Å². The number of aromatic nitrogens is 4. The van der Waals surface area contributed by atoms with Gasteiger partial charge in [-0.2, -0.15) is 5.10 Å². The summed E-state index contributed by atoms with van der Waals surface area (Å²) in [7, 11) is 0. The van der Waals surface area contributed by atoms with Crippen molar-refractivity contribution in [1.29, 1.82) is 0 Å². The van der Waals surface area contributed by atoms with Gasteiger partial charge in [-0.1, -0.05) is 11.6 Å². The molecule has 0 fully saturated rings. The van der Waals surface area contributed by atoms with Crippen molar-refractivity contribution in [1.82, 2.24) is 19.6 Å². The molecular weight excluding hydrogens is 192 g/mol. The molecule has 13 heavy (non-hydrogen) atoms. The molecule has 0 aliphatic heterocycles. The van der Waals surface area contributed by atoms with E-state index in [0.29, 0.717) is 17.3 Å². The first-order chi connectivity index (χ1) is 6.24. The van der Waals surface area contributed by atoms with E-state index < -0.39 is 0 Å².